The Bertz CT molecular complexity index is 1060. The molecule has 0 unspecified atom stereocenters. The Morgan fingerprint density at radius 3 is 2.15 bits per heavy atom. The summed E-state index contributed by atoms with van der Waals surface area (Å²) in [6.07, 6.45) is 0. The molecule has 0 aliphatic heterocycles. The number of aromatic nitrogens is 2. The van der Waals surface area contributed by atoms with Crippen LogP contribution >= 0.6 is 10.2 Å². The molecule has 3 rings (SSSR count). The van der Waals surface area contributed by atoms with Gasteiger partial charge in [0.2, 0.25) is 0 Å². The summed E-state index contributed by atoms with van der Waals surface area (Å²) in [5.41, 5.74) is 1.17. The summed E-state index contributed by atoms with van der Waals surface area (Å²) < 4.78 is 63.3. The van der Waals surface area contributed by atoms with Gasteiger partial charge in [0.05, 0.1) is 11.0 Å². The van der Waals surface area contributed by atoms with E-state index in [2.05, 4.69) is 15.3 Å². The molecule has 0 atom stereocenters. The minimum Gasteiger partial charge on any atom is -0.348 e. The van der Waals surface area contributed by atoms with Gasteiger partial charge in [0.1, 0.15) is 4.90 Å². The number of nitrogens with one attached hydrogen (secondary N) is 3. The van der Waals surface area contributed by atoms with Crippen molar-refractivity contribution in [2.75, 3.05) is 0 Å². The number of rotatable bonds is 4. The van der Waals surface area contributed by atoms with Gasteiger partial charge < -0.3 is 15.3 Å². The highest BCUT2D eigenvalue weighted by molar-refractivity contribution is 8.45. The second-order valence-corrected chi connectivity index (χ2v) is 8.04. The molecule has 0 spiro atoms. The zero-order chi connectivity index (χ0) is 19.2. The van der Waals surface area contributed by atoms with E-state index in [1.165, 1.54) is 0 Å². The summed E-state index contributed by atoms with van der Waals surface area (Å²) in [7, 11) is -9.76. The van der Waals surface area contributed by atoms with Crippen LogP contribution in [-0.2, 0) is 6.54 Å². The number of amides is 1. The van der Waals surface area contributed by atoms with Gasteiger partial charge in [-0.25, -0.2) is 4.79 Å². The fraction of sp³-hybridized carbons (Fsp3) is 0.0667. The van der Waals surface area contributed by atoms with Crippen molar-refractivity contribution in [3.8, 4) is 0 Å². The predicted octanol–water partition coefficient (Wildman–Crippen LogP) is 4.44. The molecular weight excluding hydrogens is 381 g/mol. The third-order valence-electron chi connectivity index (χ3n) is 3.60. The summed E-state index contributed by atoms with van der Waals surface area (Å²) in [6.45, 7) is 0.0330. The van der Waals surface area contributed by atoms with Crippen molar-refractivity contribution in [2.24, 2.45) is 0 Å². The lowest BCUT2D eigenvalue weighted by Gasteiger charge is -2.40. The van der Waals surface area contributed by atoms with Crippen molar-refractivity contribution in [1.29, 1.82) is 0 Å². The second kappa shape index (κ2) is 5.10. The van der Waals surface area contributed by atoms with E-state index >= 15 is 0 Å². The fourth-order valence-corrected chi connectivity index (χ4v) is 2.99. The van der Waals surface area contributed by atoms with Crippen molar-refractivity contribution >= 4 is 27.2 Å². The van der Waals surface area contributed by atoms with E-state index in [-0.39, 0.29) is 29.9 Å². The van der Waals surface area contributed by atoms with E-state index in [1.54, 1.807) is 18.2 Å². The number of H-pyrrole nitrogens is 2. The van der Waals surface area contributed by atoms with Crippen LogP contribution in [0.25, 0.3) is 11.0 Å². The topological polar surface area (TPSA) is 77.8 Å². The number of hydrogen-bond acceptors (Lipinski definition) is 2. The molecule has 0 saturated heterocycles. The molecule has 2 aromatic carbocycles. The number of carbonyl (C=O) groups is 1. The van der Waals surface area contributed by atoms with Gasteiger partial charge in [0.15, 0.2) is 0 Å². The Hall–Kier alpha value is -2.82. The first-order valence-electron chi connectivity index (χ1n) is 7.15. The van der Waals surface area contributed by atoms with Crippen LogP contribution in [0.2, 0.25) is 0 Å². The van der Waals surface area contributed by atoms with Crippen LogP contribution in [0.4, 0.5) is 19.4 Å². The van der Waals surface area contributed by atoms with E-state index in [0.717, 1.165) is 0 Å². The van der Waals surface area contributed by atoms with Crippen molar-refractivity contribution < 1.29 is 24.2 Å². The molecule has 1 aromatic heterocycles. The highest BCUT2D eigenvalue weighted by atomic mass is 32.5. The largest absolute Gasteiger partial charge is 0.348 e. The lowest BCUT2D eigenvalue weighted by atomic mass is 10.2. The zero-order valence-electron chi connectivity index (χ0n) is 12.9. The van der Waals surface area contributed by atoms with E-state index < -0.39 is 21.0 Å². The molecular formula is C15H12F5N3O2S. The average molecular weight is 393 g/mol. The van der Waals surface area contributed by atoms with E-state index in [9.17, 15) is 29.0 Å². The number of fused-ring (bicyclic) bond motifs is 1. The van der Waals surface area contributed by atoms with Crippen LogP contribution in [0.5, 0.6) is 0 Å². The summed E-state index contributed by atoms with van der Waals surface area (Å²) >= 11 is 0. The highest BCUT2D eigenvalue weighted by Crippen LogP contribution is 3.02. The average Bonchev–Trinajstić information content (AvgIpc) is 2.90. The maximum Gasteiger partial charge on any atom is 0.323 e. The summed E-state index contributed by atoms with van der Waals surface area (Å²) in [4.78, 5) is 26.2. The van der Waals surface area contributed by atoms with Gasteiger partial charge in [0, 0.05) is 12.1 Å². The number of carbonyl (C=O) groups excluding carboxylic acids is 1. The number of aromatic amines is 2. The van der Waals surface area contributed by atoms with Crippen LogP contribution in [0.1, 0.15) is 15.9 Å². The number of imidazole rings is 1. The first kappa shape index (κ1) is 18.0. The van der Waals surface area contributed by atoms with Gasteiger partial charge in [-0.15, -0.1) is 0 Å². The van der Waals surface area contributed by atoms with Crippen molar-refractivity contribution in [3.63, 3.8) is 0 Å². The monoisotopic (exact) mass is 393 g/mol. The van der Waals surface area contributed by atoms with E-state index in [4.69, 9.17) is 0 Å². The Kier molecular flexibility index (Phi) is 3.53. The molecule has 0 bridgehead atoms. The van der Waals surface area contributed by atoms with Gasteiger partial charge >= 0.3 is 15.9 Å². The third kappa shape index (κ3) is 3.87. The summed E-state index contributed by atoms with van der Waals surface area (Å²) in [5.74, 6) is -0.721. The Balaban J connectivity index is 1.72. The number of hydrogen-bond donors (Lipinski definition) is 3. The first-order chi connectivity index (χ1) is 11.8. The molecule has 1 amide bonds. The standard InChI is InChI=1S/C15H12F5N3O2S/c16-26(17,18,19,20)11-4-2-10(3-5-11)14(24)21-8-9-1-6-12-13(7-9)23-15(25)22-12/h1-7H,8H2,(H,21,24)(H2,22,23,25). The van der Waals surface area contributed by atoms with Crippen LogP contribution in [0.15, 0.2) is 52.2 Å². The number of benzene rings is 2. The maximum atomic E-state index is 12.7. The van der Waals surface area contributed by atoms with Gasteiger partial charge in [-0.2, -0.15) is 0 Å². The first-order valence-corrected chi connectivity index (χ1v) is 9.10. The Labute approximate surface area is 143 Å². The number of halogens is 5. The second-order valence-electron chi connectivity index (χ2n) is 5.64. The summed E-state index contributed by atoms with van der Waals surface area (Å²) in [5, 5.41) is 2.46. The molecule has 3 N–H and O–H groups in total. The van der Waals surface area contributed by atoms with Crippen molar-refractivity contribution in [1.82, 2.24) is 15.3 Å². The van der Waals surface area contributed by atoms with Gasteiger partial charge in [-0.1, -0.05) is 25.5 Å². The van der Waals surface area contributed by atoms with E-state index in [0.29, 0.717) is 28.7 Å². The van der Waals surface area contributed by atoms with Crippen molar-refractivity contribution in [3.05, 3.63) is 64.1 Å². The van der Waals surface area contributed by atoms with E-state index in [1.807, 2.05) is 0 Å². The van der Waals surface area contributed by atoms with Crippen molar-refractivity contribution in [2.45, 2.75) is 11.4 Å². The molecule has 0 fully saturated rings. The molecule has 0 aliphatic rings. The maximum absolute atomic E-state index is 12.7. The molecule has 0 aliphatic carbocycles. The smallest absolute Gasteiger partial charge is 0.323 e. The Morgan fingerprint density at radius 2 is 1.54 bits per heavy atom. The van der Waals surface area contributed by atoms with Crippen LogP contribution in [0.3, 0.4) is 0 Å². The highest BCUT2D eigenvalue weighted by Gasteiger charge is 2.65. The predicted molar refractivity (Wildman–Crippen MR) is 87.9 cm³/mol. The molecule has 140 valence electrons. The molecule has 26 heavy (non-hydrogen) atoms. The van der Waals surface area contributed by atoms with Crippen LogP contribution in [0, 0.1) is 0 Å². The van der Waals surface area contributed by atoms with Crippen LogP contribution in [-0.4, -0.2) is 15.9 Å². The molecule has 3 aromatic rings. The lowest BCUT2D eigenvalue weighted by molar-refractivity contribution is 0.0950. The minimum atomic E-state index is -9.76. The SMILES string of the molecule is O=C(NCc1ccc2[nH]c(=O)[nH]c2c1)c1ccc(S(F)(F)(F)(F)F)cc1. The lowest BCUT2D eigenvalue weighted by Crippen LogP contribution is -2.22. The zero-order valence-corrected chi connectivity index (χ0v) is 13.7. The molecule has 11 heteroatoms. The molecule has 1 heterocycles. The van der Waals surface area contributed by atoms with Crippen LogP contribution < -0.4 is 11.0 Å². The molecule has 0 saturated carbocycles. The molecule has 0 radical (unpaired) electrons. The fourth-order valence-electron chi connectivity index (χ4n) is 2.34. The minimum absolute atomic E-state index is 0.0330. The Morgan fingerprint density at radius 1 is 0.923 bits per heavy atom. The normalized spacial score (nSPS) is 14.7. The third-order valence-corrected chi connectivity index (χ3v) is 4.76. The quantitative estimate of drug-likeness (QED) is 0.573. The van der Waals surface area contributed by atoms with Gasteiger partial charge in [-0.05, 0) is 42.0 Å². The summed E-state index contributed by atoms with van der Waals surface area (Å²) in [6, 6.07) is 6.64. The molecule has 5 nitrogen and oxygen atoms in total. The van der Waals surface area contributed by atoms with Gasteiger partial charge in [-0.3, -0.25) is 4.79 Å². The van der Waals surface area contributed by atoms with Gasteiger partial charge in [0.25, 0.3) is 5.91 Å².